The van der Waals surface area contributed by atoms with Crippen molar-refractivity contribution in [2.24, 2.45) is 0 Å². The minimum absolute atomic E-state index is 0. The number of nitrogens with zero attached hydrogens (tertiary/aromatic N) is 3. The first-order valence-electron chi connectivity index (χ1n) is 8.11. The molecule has 3 heterocycles. The zero-order valence-electron chi connectivity index (χ0n) is 15.3. The van der Waals surface area contributed by atoms with Crippen molar-refractivity contribution in [2.75, 3.05) is 12.3 Å². The molecule has 0 radical (unpaired) electrons. The van der Waals surface area contributed by atoms with Crippen LogP contribution >= 0.6 is 23.5 Å². The Labute approximate surface area is 232 Å². The number of ether oxygens (including phenoxy) is 1. The molecule has 1 aliphatic heterocycles. The number of nitrogens with one attached hydrogen (secondary N) is 1. The first-order chi connectivity index (χ1) is 14.6. The summed E-state index contributed by atoms with van der Waals surface area (Å²) in [5.74, 6) is -0.276. The summed E-state index contributed by atoms with van der Waals surface area (Å²) >= 11 is 0. The molecule has 0 spiro atoms. The van der Waals surface area contributed by atoms with Crippen molar-refractivity contribution in [3.8, 4) is 0 Å². The van der Waals surface area contributed by atoms with Crippen LogP contribution in [-0.4, -0.2) is 133 Å². The number of anilines is 1. The molecule has 1 saturated heterocycles. The van der Waals surface area contributed by atoms with Gasteiger partial charge in [0.1, 0.15) is 18.3 Å². The summed E-state index contributed by atoms with van der Waals surface area (Å²) in [4.78, 5) is 57.3. The molecule has 1 aliphatic rings. The molecular formula is C10H18N5Na2O14P3. The Balaban J connectivity index is 0.00000289. The fourth-order valence-electron chi connectivity index (χ4n) is 2.70. The summed E-state index contributed by atoms with van der Waals surface area (Å²) in [7, 11) is -16.8. The van der Waals surface area contributed by atoms with E-state index in [2.05, 4.69) is 28.1 Å². The molecule has 184 valence electrons. The van der Waals surface area contributed by atoms with Gasteiger partial charge in [-0.25, -0.2) is 18.7 Å². The van der Waals surface area contributed by atoms with Crippen molar-refractivity contribution in [1.82, 2.24) is 19.5 Å². The number of hydrogen-bond donors (Lipinski definition) is 8. The predicted octanol–water partition coefficient (Wildman–Crippen LogP) is -3.63. The van der Waals surface area contributed by atoms with E-state index in [1.807, 2.05) is 0 Å². The molecule has 2 aromatic heterocycles. The molecule has 0 saturated carbocycles. The fraction of sp³-hybridized carbons (Fsp3) is 0.500. The van der Waals surface area contributed by atoms with Gasteiger partial charge in [-0.05, 0) is 0 Å². The van der Waals surface area contributed by atoms with Gasteiger partial charge in [-0.15, -0.1) is 0 Å². The zero-order valence-corrected chi connectivity index (χ0v) is 18.0. The van der Waals surface area contributed by atoms with Crippen molar-refractivity contribution in [1.29, 1.82) is 0 Å². The van der Waals surface area contributed by atoms with E-state index < -0.39 is 60.2 Å². The predicted molar refractivity (Wildman–Crippen MR) is 113 cm³/mol. The van der Waals surface area contributed by atoms with E-state index in [0.29, 0.717) is 0 Å². The maximum atomic E-state index is 11.9. The van der Waals surface area contributed by atoms with Gasteiger partial charge in [-0.3, -0.25) is 18.9 Å². The van der Waals surface area contributed by atoms with Crippen molar-refractivity contribution in [3.63, 3.8) is 0 Å². The average Bonchev–Trinajstić information content (AvgIpc) is 3.12. The molecule has 19 nitrogen and oxygen atoms in total. The Bertz CT molecular complexity index is 1220. The molecule has 34 heavy (non-hydrogen) atoms. The molecule has 2 aromatic rings. The van der Waals surface area contributed by atoms with Gasteiger partial charge < -0.3 is 40.3 Å². The second-order valence-electron chi connectivity index (χ2n) is 6.21. The molecule has 0 aromatic carbocycles. The van der Waals surface area contributed by atoms with Crippen LogP contribution in [0.15, 0.2) is 11.1 Å². The molecule has 9 N–H and O–H groups in total. The van der Waals surface area contributed by atoms with Crippen LogP contribution < -0.4 is 11.3 Å². The summed E-state index contributed by atoms with van der Waals surface area (Å²) in [6.07, 6.45) is -5.33. The van der Waals surface area contributed by atoms with Gasteiger partial charge in [0.25, 0.3) is 5.56 Å². The first kappa shape index (κ1) is 32.5. The van der Waals surface area contributed by atoms with E-state index in [1.165, 1.54) is 0 Å². The number of phosphoric ester groups is 1. The Morgan fingerprint density at radius 2 is 1.71 bits per heavy atom. The van der Waals surface area contributed by atoms with E-state index in [-0.39, 0.29) is 76.2 Å². The summed E-state index contributed by atoms with van der Waals surface area (Å²) < 4.78 is 51.6. The quantitative estimate of drug-likeness (QED) is 0.112. The number of hydrogen-bond acceptors (Lipinski definition) is 13. The van der Waals surface area contributed by atoms with E-state index in [0.717, 1.165) is 10.9 Å². The van der Waals surface area contributed by atoms with Crippen molar-refractivity contribution in [3.05, 3.63) is 16.7 Å². The number of fused-ring (bicyclic) bond motifs is 1. The van der Waals surface area contributed by atoms with Gasteiger partial charge in [0.15, 0.2) is 17.4 Å². The first-order valence-corrected chi connectivity index (χ1v) is 12.6. The molecule has 1 fully saturated rings. The summed E-state index contributed by atoms with van der Waals surface area (Å²) in [5.41, 5.74) is 4.50. The van der Waals surface area contributed by atoms with Crippen LogP contribution in [0.4, 0.5) is 5.95 Å². The average molecular weight is 571 g/mol. The number of aliphatic hydroxyl groups excluding tert-OH is 2. The normalized spacial score (nSPS) is 26.3. The Morgan fingerprint density at radius 3 is 2.29 bits per heavy atom. The number of nitrogen functional groups attached to an aromatic ring is 1. The maximum absolute atomic E-state index is 11.9. The Kier molecular flexibility index (Phi) is 11.3. The molecule has 3 rings (SSSR count). The summed E-state index contributed by atoms with van der Waals surface area (Å²) in [6.45, 7) is -1.01. The van der Waals surface area contributed by atoms with Crippen molar-refractivity contribution >= 4 is 99.7 Å². The van der Waals surface area contributed by atoms with Crippen molar-refractivity contribution in [2.45, 2.75) is 24.5 Å². The minimum atomic E-state index is -5.73. The Hall–Kier alpha value is 0.440. The van der Waals surface area contributed by atoms with E-state index in [4.69, 9.17) is 25.2 Å². The molecule has 0 amide bonds. The van der Waals surface area contributed by atoms with Crippen LogP contribution in [0, 0.1) is 0 Å². The van der Waals surface area contributed by atoms with Gasteiger partial charge >= 0.3 is 82.6 Å². The molecule has 2 unspecified atom stereocenters. The molecule has 0 aliphatic carbocycles. The van der Waals surface area contributed by atoms with Crippen LogP contribution in [0.25, 0.3) is 11.2 Å². The number of phosphoric acid groups is 3. The van der Waals surface area contributed by atoms with Gasteiger partial charge in [0.2, 0.25) is 5.95 Å². The summed E-state index contributed by atoms with van der Waals surface area (Å²) in [6, 6.07) is 0. The number of aromatic amines is 1. The summed E-state index contributed by atoms with van der Waals surface area (Å²) in [5, 5.41) is 20.4. The zero-order chi connectivity index (χ0) is 24.1. The van der Waals surface area contributed by atoms with Gasteiger partial charge in [-0.2, -0.15) is 13.6 Å². The monoisotopic (exact) mass is 571 g/mol. The molecular weight excluding hydrogens is 553 g/mol. The number of rotatable bonds is 8. The molecule has 0 bridgehead atoms. The van der Waals surface area contributed by atoms with Crippen LogP contribution in [-0.2, 0) is 31.6 Å². The number of imidazole rings is 1. The third-order valence-electron chi connectivity index (χ3n) is 3.88. The van der Waals surface area contributed by atoms with Crippen LogP contribution in [0.2, 0.25) is 0 Å². The Morgan fingerprint density at radius 1 is 1.09 bits per heavy atom. The third kappa shape index (κ3) is 7.97. The van der Waals surface area contributed by atoms with Gasteiger partial charge in [0, 0.05) is 0 Å². The molecule has 24 heteroatoms. The number of aromatic nitrogens is 4. The number of nitrogens with two attached hydrogens (primary N) is 1. The van der Waals surface area contributed by atoms with E-state index >= 15 is 0 Å². The van der Waals surface area contributed by atoms with Crippen LogP contribution in [0.5, 0.6) is 0 Å². The van der Waals surface area contributed by atoms with Gasteiger partial charge in [0.05, 0.1) is 12.9 Å². The van der Waals surface area contributed by atoms with E-state index in [9.17, 15) is 33.6 Å². The topological polar surface area (TPSA) is 299 Å². The van der Waals surface area contributed by atoms with Crippen molar-refractivity contribution < 1.29 is 61.4 Å². The second kappa shape index (κ2) is 11.9. The van der Waals surface area contributed by atoms with E-state index in [1.54, 1.807) is 0 Å². The molecule has 6 atom stereocenters. The third-order valence-corrected chi connectivity index (χ3v) is 7.68. The number of H-pyrrole nitrogens is 1. The number of aliphatic hydroxyl groups is 2. The SMILES string of the molecule is Nc1nc2c(ncn2[C@@H]2O[C@H](COP(=O)(O)OP(=O)(O)OP(=O)(O)O)[C@@H](O)[C@H]2O)c(=O)[nH]1.[NaH].[NaH]. The standard InChI is InChI=1S/C10H16N5O14P3.2Na.2H/c11-10-13-7-4(8(18)14-10)12-2-15(7)9-6(17)5(16)3(27-9)1-26-31(22,23)29-32(24,25)28-30(19,20)21;;;;/h2-3,5-6,9,16-17H,1H2,(H,22,23)(H,24,25)(H2,19,20,21)(H3,11,13,14,18);;;;/t3-,5-,6-,9-;;;;/m1..../s1. The fourth-order valence-corrected chi connectivity index (χ4v) is 5.73. The van der Waals surface area contributed by atoms with Crippen LogP contribution in [0.1, 0.15) is 6.23 Å². The van der Waals surface area contributed by atoms with Gasteiger partial charge in [-0.1, -0.05) is 0 Å². The second-order valence-corrected chi connectivity index (χ2v) is 10.6. The van der Waals surface area contributed by atoms with Crippen LogP contribution in [0.3, 0.4) is 0 Å².